The molecule has 1 aromatic rings. The number of rotatable bonds is 3. The molecule has 84 valence electrons. The lowest BCUT2D eigenvalue weighted by molar-refractivity contribution is 0.467. The molecule has 0 unspecified atom stereocenters. The van der Waals surface area contributed by atoms with Gasteiger partial charge in [-0.1, -0.05) is 59.7 Å². The van der Waals surface area contributed by atoms with E-state index in [1.54, 1.807) is 0 Å². The van der Waals surface area contributed by atoms with Crippen molar-refractivity contribution in [1.82, 2.24) is 0 Å². The average molecular weight is 288 g/mol. The van der Waals surface area contributed by atoms with Crippen molar-refractivity contribution in [1.29, 1.82) is 0 Å². The summed E-state index contributed by atoms with van der Waals surface area (Å²) in [6.45, 7) is 2.05. The second kappa shape index (κ2) is 5.49. The smallest absolute Gasteiger partial charge is 0.140 e. The maximum Gasteiger partial charge on any atom is 0.140 e. The van der Waals surface area contributed by atoms with Crippen molar-refractivity contribution < 1.29 is 5.11 Å². The van der Waals surface area contributed by atoms with Crippen LogP contribution in [0.2, 0.25) is 20.1 Å². The van der Waals surface area contributed by atoms with Gasteiger partial charge in [0.15, 0.2) is 0 Å². The summed E-state index contributed by atoms with van der Waals surface area (Å²) in [5, 5.41) is 10.4. The molecule has 0 bridgehead atoms. The molecule has 0 heterocycles. The molecule has 0 aliphatic carbocycles. The van der Waals surface area contributed by atoms with Crippen LogP contribution in [0.4, 0.5) is 0 Å². The fourth-order valence-electron chi connectivity index (χ4n) is 1.25. The first-order valence-electron chi connectivity index (χ1n) is 4.54. The zero-order valence-corrected chi connectivity index (χ0v) is 11.1. The number of aromatic hydroxyl groups is 1. The van der Waals surface area contributed by atoms with Gasteiger partial charge in [-0.2, -0.15) is 0 Å². The highest BCUT2D eigenvalue weighted by molar-refractivity contribution is 6.52. The predicted octanol–water partition coefficient (Wildman–Crippen LogP) is 5.35. The first kappa shape index (κ1) is 13.2. The fraction of sp³-hybridized carbons (Fsp3) is 0.400. The molecule has 1 nitrogen and oxygen atoms in total. The van der Waals surface area contributed by atoms with Crippen LogP contribution in [0.3, 0.4) is 0 Å². The second-order valence-corrected chi connectivity index (χ2v) is 4.70. The van der Waals surface area contributed by atoms with Gasteiger partial charge in [-0.05, 0) is 12.8 Å². The molecule has 1 N–H and O–H groups in total. The third kappa shape index (κ3) is 2.65. The fourth-order valence-corrected chi connectivity index (χ4v) is 2.22. The van der Waals surface area contributed by atoms with Crippen molar-refractivity contribution in [3.8, 4) is 5.75 Å². The highest BCUT2D eigenvalue weighted by Crippen LogP contribution is 2.45. The van der Waals surface area contributed by atoms with E-state index in [4.69, 9.17) is 46.4 Å². The Morgan fingerprint density at radius 1 is 0.933 bits per heavy atom. The Labute approximate surface area is 109 Å². The van der Waals surface area contributed by atoms with E-state index in [0.717, 1.165) is 12.8 Å². The maximum atomic E-state index is 9.75. The molecule has 0 aliphatic rings. The monoisotopic (exact) mass is 286 g/mol. The van der Waals surface area contributed by atoms with E-state index in [0.29, 0.717) is 12.0 Å². The van der Waals surface area contributed by atoms with E-state index in [1.807, 2.05) is 6.92 Å². The van der Waals surface area contributed by atoms with Crippen LogP contribution in [0, 0.1) is 0 Å². The molecule has 0 amide bonds. The highest BCUT2D eigenvalue weighted by atomic mass is 35.5. The summed E-state index contributed by atoms with van der Waals surface area (Å²) in [6, 6.07) is 0. The summed E-state index contributed by atoms with van der Waals surface area (Å²) in [5.41, 5.74) is 0.568. The Balaban J connectivity index is 3.26. The van der Waals surface area contributed by atoms with Crippen molar-refractivity contribution in [2.45, 2.75) is 26.2 Å². The summed E-state index contributed by atoms with van der Waals surface area (Å²) in [6.07, 6.45) is 2.53. The van der Waals surface area contributed by atoms with E-state index in [1.165, 1.54) is 0 Å². The van der Waals surface area contributed by atoms with Crippen LogP contribution in [-0.2, 0) is 6.42 Å². The summed E-state index contributed by atoms with van der Waals surface area (Å²) >= 11 is 23.5. The molecule has 0 spiro atoms. The predicted molar refractivity (Wildman–Crippen MR) is 66.8 cm³/mol. The summed E-state index contributed by atoms with van der Waals surface area (Å²) in [7, 11) is 0. The molecule has 5 heteroatoms. The second-order valence-electron chi connectivity index (χ2n) is 3.19. The Hall–Kier alpha value is 0.180. The zero-order chi connectivity index (χ0) is 11.6. The molecule has 0 saturated heterocycles. The van der Waals surface area contributed by atoms with Gasteiger partial charge in [0.05, 0.1) is 15.1 Å². The summed E-state index contributed by atoms with van der Waals surface area (Å²) < 4.78 is 0. The van der Waals surface area contributed by atoms with Crippen LogP contribution in [0.5, 0.6) is 5.75 Å². The molecule has 15 heavy (non-hydrogen) atoms. The third-order valence-corrected chi connectivity index (χ3v) is 3.95. The van der Waals surface area contributed by atoms with E-state index >= 15 is 0 Å². The minimum atomic E-state index is -0.0653. The first-order valence-corrected chi connectivity index (χ1v) is 6.05. The Morgan fingerprint density at radius 2 is 1.47 bits per heavy atom. The van der Waals surface area contributed by atoms with Gasteiger partial charge in [-0.15, -0.1) is 0 Å². The van der Waals surface area contributed by atoms with E-state index in [-0.39, 0.29) is 25.8 Å². The molecule has 0 aliphatic heterocycles. The Kier molecular flexibility index (Phi) is 4.85. The molecule has 0 atom stereocenters. The standard InChI is InChI=1S/C10H10Cl4O/c1-2-3-4-5-6(11)7(12)8(13)9(14)10(5)15/h15H,2-4H2,1H3. The molecule has 1 aromatic carbocycles. The van der Waals surface area contributed by atoms with Gasteiger partial charge in [-0.25, -0.2) is 0 Å². The Morgan fingerprint density at radius 3 is 2.00 bits per heavy atom. The highest BCUT2D eigenvalue weighted by Gasteiger charge is 2.19. The average Bonchev–Trinajstić information content (AvgIpc) is 2.24. The van der Waals surface area contributed by atoms with Gasteiger partial charge in [0.2, 0.25) is 0 Å². The van der Waals surface area contributed by atoms with Gasteiger partial charge in [-0.3, -0.25) is 0 Å². The number of phenols is 1. The third-order valence-electron chi connectivity index (χ3n) is 2.12. The van der Waals surface area contributed by atoms with Crippen LogP contribution in [0.25, 0.3) is 0 Å². The van der Waals surface area contributed by atoms with Crippen molar-refractivity contribution >= 4 is 46.4 Å². The summed E-state index contributed by atoms with van der Waals surface area (Å²) in [5.74, 6) is -0.0653. The van der Waals surface area contributed by atoms with Gasteiger partial charge < -0.3 is 5.11 Å². The van der Waals surface area contributed by atoms with Crippen molar-refractivity contribution in [2.24, 2.45) is 0 Å². The van der Waals surface area contributed by atoms with E-state index in [2.05, 4.69) is 0 Å². The van der Waals surface area contributed by atoms with E-state index in [9.17, 15) is 5.11 Å². The zero-order valence-electron chi connectivity index (χ0n) is 8.08. The maximum absolute atomic E-state index is 9.75. The van der Waals surface area contributed by atoms with Crippen LogP contribution >= 0.6 is 46.4 Å². The van der Waals surface area contributed by atoms with Crippen molar-refractivity contribution in [3.05, 3.63) is 25.7 Å². The van der Waals surface area contributed by atoms with Gasteiger partial charge in [0, 0.05) is 5.56 Å². The lowest BCUT2D eigenvalue weighted by Gasteiger charge is -2.11. The minimum Gasteiger partial charge on any atom is -0.506 e. The minimum absolute atomic E-state index is 0.0653. The summed E-state index contributed by atoms with van der Waals surface area (Å²) in [4.78, 5) is 0. The number of hydrogen-bond donors (Lipinski definition) is 1. The topological polar surface area (TPSA) is 20.2 Å². The molecule has 0 saturated carbocycles. The number of unbranched alkanes of at least 4 members (excludes halogenated alkanes) is 1. The molecule has 0 radical (unpaired) electrons. The molecule has 1 rings (SSSR count). The van der Waals surface area contributed by atoms with Gasteiger partial charge in [0.25, 0.3) is 0 Å². The van der Waals surface area contributed by atoms with Crippen LogP contribution in [0.1, 0.15) is 25.3 Å². The molecule has 0 fully saturated rings. The van der Waals surface area contributed by atoms with Crippen LogP contribution in [0.15, 0.2) is 0 Å². The largest absolute Gasteiger partial charge is 0.506 e. The lowest BCUT2D eigenvalue weighted by Crippen LogP contribution is -1.91. The van der Waals surface area contributed by atoms with Gasteiger partial charge in [0.1, 0.15) is 10.8 Å². The lowest BCUT2D eigenvalue weighted by atomic mass is 10.1. The number of halogens is 4. The molecule has 0 aromatic heterocycles. The molecular formula is C10H10Cl4O. The normalized spacial score (nSPS) is 10.7. The Bertz CT molecular complexity index is 347. The SMILES string of the molecule is CCCCc1c(O)c(Cl)c(Cl)c(Cl)c1Cl. The number of phenolic OH excluding ortho intramolecular Hbond substituents is 1. The van der Waals surface area contributed by atoms with Crippen molar-refractivity contribution in [2.75, 3.05) is 0 Å². The number of benzene rings is 1. The van der Waals surface area contributed by atoms with Gasteiger partial charge >= 0.3 is 0 Å². The van der Waals surface area contributed by atoms with Crippen LogP contribution in [-0.4, -0.2) is 5.11 Å². The van der Waals surface area contributed by atoms with E-state index < -0.39 is 0 Å². The molecular weight excluding hydrogens is 278 g/mol. The quantitative estimate of drug-likeness (QED) is 0.587. The first-order chi connectivity index (χ1) is 7.00. The number of hydrogen-bond acceptors (Lipinski definition) is 1. The van der Waals surface area contributed by atoms with Crippen molar-refractivity contribution in [3.63, 3.8) is 0 Å². The van der Waals surface area contributed by atoms with Crippen LogP contribution < -0.4 is 0 Å².